The van der Waals surface area contributed by atoms with Gasteiger partial charge in [0.1, 0.15) is 0 Å². The number of hydrazone groups is 1. The van der Waals surface area contributed by atoms with Crippen LogP contribution in [0.5, 0.6) is 0 Å². The second kappa shape index (κ2) is 10.8. The number of rotatable bonds is 7. The first kappa shape index (κ1) is 23.2. The fourth-order valence-corrected chi connectivity index (χ4v) is 4.74. The molecule has 2 aliphatic rings. The van der Waals surface area contributed by atoms with Gasteiger partial charge >= 0.3 is 5.97 Å². The van der Waals surface area contributed by atoms with E-state index in [4.69, 9.17) is 10.5 Å². The fraction of sp³-hybridized carbons (Fsp3) is 0.444. The van der Waals surface area contributed by atoms with Crippen LogP contribution in [0.1, 0.15) is 77.7 Å². The van der Waals surface area contributed by atoms with E-state index in [9.17, 15) is 9.59 Å². The Hall–Kier alpha value is -2.99. The predicted molar refractivity (Wildman–Crippen MR) is 129 cm³/mol. The number of esters is 1. The van der Waals surface area contributed by atoms with Gasteiger partial charge in [0, 0.05) is 30.3 Å². The van der Waals surface area contributed by atoms with Gasteiger partial charge in [-0.15, -0.1) is 0 Å². The van der Waals surface area contributed by atoms with Crippen LogP contribution in [0.4, 0.5) is 0 Å². The molecule has 6 nitrogen and oxygen atoms in total. The van der Waals surface area contributed by atoms with Crippen LogP contribution in [-0.2, 0) is 16.0 Å². The van der Waals surface area contributed by atoms with Crippen molar-refractivity contribution >= 4 is 18.0 Å². The number of carbonyl (C=O) groups is 2. The van der Waals surface area contributed by atoms with Gasteiger partial charge in [-0.05, 0) is 67.7 Å². The summed E-state index contributed by atoms with van der Waals surface area (Å²) in [5.41, 5.74) is 10.9. The summed E-state index contributed by atoms with van der Waals surface area (Å²) in [5.74, 6) is -0.213. The van der Waals surface area contributed by atoms with Crippen molar-refractivity contribution in [3.05, 3.63) is 70.3 Å². The number of hydrogen-bond donors (Lipinski definition) is 1. The minimum Gasteiger partial charge on any atom is -0.466 e. The molecule has 174 valence electrons. The van der Waals surface area contributed by atoms with Gasteiger partial charge in [0.25, 0.3) is 0 Å². The number of benzene rings is 2. The summed E-state index contributed by atoms with van der Waals surface area (Å²) in [6.45, 7) is 4.20. The minimum absolute atomic E-state index is 0.0281. The number of nitrogens with two attached hydrogens (primary N) is 1. The van der Waals surface area contributed by atoms with E-state index < -0.39 is 0 Å². The number of carbonyl (C=O) groups excluding carboxylic acids is 2. The van der Waals surface area contributed by atoms with E-state index in [2.05, 4.69) is 10.1 Å². The van der Waals surface area contributed by atoms with E-state index >= 15 is 0 Å². The van der Waals surface area contributed by atoms with E-state index in [1.165, 1.54) is 19.3 Å². The Balaban J connectivity index is 1.45. The maximum atomic E-state index is 13.1. The number of ether oxygens (including phenoxy) is 1. The maximum Gasteiger partial charge on any atom is 0.306 e. The number of aryl methyl sites for hydroxylation is 1. The van der Waals surface area contributed by atoms with Gasteiger partial charge < -0.3 is 10.5 Å². The monoisotopic (exact) mass is 447 g/mol. The SMILES string of the molecule is CCOC(=O)CC1CCc2ccc(C(=O)c3ccc(C=NN4CCCCC4)cc3)cc2C1N. The van der Waals surface area contributed by atoms with Gasteiger partial charge in [0.05, 0.1) is 19.2 Å². The Morgan fingerprint density at radius 3 is 2.55 bits per heavy atom. The lowest BCUT2D eigenvalue weighted by Gasteiger charge is -2.30. The van der Waals surface area contributed by atoms with Crippen molar-refractivity contribution in [1.82, 2.24) is 5.01 Å². The largest absolute Gasteiger partial charge is 0.466 e. The van der Waals surface area contributed by atoms with Crippen LogP contribution in [0.25, 0.3) is 0 Å². The van der Waals surface area contributed by atoms with Gasteiger partial charge in [-0.3, -0.25) is 14.6 Å². The highest BCUT2D eigenvalue weighted by molar-refractivity contribution is 6.09. The number of ketones is 1. The zero-order chi connectivity index (χ0) is 23.2. The summed E-state index contributed by atoms with van der Waals surface area (Å²) < 4.78 is 5.10. The molecule has 0 aromatic heterocycles. The molecule has 6 heteroatoms. The molecule has 2 atom stereocenters. The smallest absolute Gasteiger partial charge is 0.306 e. The molecule has 0 radical (unpaired) electrons. The summed E-state index contributed by atoms with van der Waals surface area (Å²) in [4.78, 5) is 25.1. The molecular formula is C27H33N3O3. The zero-order valence-electron chi connectivity index (χ0n) is 19.3. The molecule has 1 saturated heterocycles. The van der Waals surface area contributed by atoms with Crippen molar-refractivity contribution in [2.45, 2.75) is 51.5 Å². The van der Waals surface area contributed by atoms with Crippen molar-refractivity contribution in [2.24, 2.45) is 16.8 Å². The molecule has 2 unspecified atom stereocenters. The average molecular weight is 448 g/mol. The predicted octanol–water partition coefficient (Wildman–Crippen LogP) is 4.25. The third-order valence-corrected chi connectivity index (χ3v) is 6.67. The van der Waals surface area contributed by atoms with Crippen molar-refractivity contribution in [3.8, 4) is 0 Å². The van der Waals surface area contributed by atoms with Gasteiger partial charge in [-0.25, -0.2) is 0 Å². The highest BCUT2D eigenvalue weighted by Gasteiger charge is 2.29. The summed E-state index contributed by atoms with van der Waals surface area (Å²) in [6, 6.07) is 13.1. The first-order chi connectivity index (χ1) is 16.0. The van der Waals surface area contributed by atoms with Crippen LogP contribution in [0.3, 0.4) is 0 Å². The van der Waals surface area contributed by atoms with Gasteiger partial charge in [0.15, 0.2) is 5.78 Å². The van der Waals surface area contributed by atoms with Crippen molar-refractivity contribution in [2.75, 3.05) is 19.7 Å². The number of fused-ring (bicyclic) bond motifs is 1. The first-order valence-corrected chi connectivity index (χ1v) is 12.0. The summed E-state index contributed by atoms with van der Waals surface area (Å²) in [5, 5.41) is 6.66. The van der Waals surface area contributed by atoms with Crippen LogP contribution in [0.15, 0.2) is 47.6 Å². The zero-order valence-corrected chi connectivity index (χ0v) is 19.3. The molecule has 1 heterocycles. The fourth-order valence-electron chi connectivity index (χ4n) is 4.74. The van der Waals surface area contributed by atoms with E-state index in [0.717, 1.165) is 42.6 Å². The van der Waals surface area contributed by atoms with Crippen LogP contribution in [0.2, 0.25) is 0 Å². The molecule has 1 fully saturated rings. The quantitative estimate of drug-likeness (QED) is 0.390. The average Bonchev–Trinajstić information content (AvgIpc) is 2.85. The van der Waals surface area contributed by atoms with E-state index in [0.29, 0.717) is 24.2 Å². The molecule has 0 bridgehead atoms. The van der Waals surface area contributed by atoms with Gasteiger partial charge in [-0.2, -0.15) is 5.10 Å². The highest BCUT2D eigenvalue weighted by atomic mass is 16.5. The maximum absolute atomic E-state index is 13.1. The standard InChI is InChI=1S/C27H33N3O3/c1-2-33-25(31)17-22-12-10-20-11-13-23(16-24(20)26(22)28)27(32)21-8-6-19(7-9-21)18-29-30-14-4-3-5-15-30/h6-9,11,13,16,18,22,26H,2-5,10,12,14-15,17,28H2,1H3. The second-order valence-corrected chi connectivity index (χ2v) is 8.96. The molecule has 0 amide bonds. The van der Waals surface area contributed by atoms with E-state index in [1.54, 1.807) is 6.92 Å². The lowest BCUT2D eigenvalue weighted by Crippen LogP contribution is -2.30. The molecule has 1 aliphatic carbocycles. The second-order valence-electron chi connectivity index (χ2n) is 8.96. The van der Waals surface area contributed by atoms with Crippen molar-refractivity contribution in [3.63, 3.8) is 0 Å². The van der Waals surface area contributed by atoms with Gasteiger partial charge in [0.2, 0.25) is 0 Å². The van der Waals surface area contributed by atoms with Crippen LogP contribution in [-0.4, -0.2) is 42.7 Å². The Kier molecular flexibility index (Phi) is 7.55. The van der Waals surface area contributed by atoms with Crippen molar-refractivity contribution < 1.29 is 14.3 Å². The summed E-state index contributed by atoms with van der Waals surface area (Å²) in [6.07, 6.45) is 7.54. The molecule has 1 aliphatic heterocycles. The first-order valence-electron chi connectivity index (χ1n) is 12.0. The molecule has 2 aromatic carbocycles. The van der Waals surface area contributed by atoms with Crippen molar-refractivity contribution in [1.29, 1.82) is 0 Å². The normalized spacial score (nSPS) is 20.5. The molecule has 4 rings (SSSR count). The molecule has 33 heavy (non-hydrogen) atoms. The topological polar surface area (TPSA) is 85.0 Å². The molecular weight excluding hydrogens is 414 g/mol. The lowest BCUT2D eigenvalue weighted by molar-refractivity contribution is -0.144. The molecule has 0 spiro atoms. The van der Waals surface area contributed by atoms with Gasteiger partial charge in [-0.1, -0.05) is 36.4 Å². The minimum atomic E-state index is -0.278. The number of hydrogen-bond acceptors (Lipinski definition) is 6. The highest BCUT2D eigenvalue weighted by Crippen LogP contribution is 2.35. The van der Waals surface area contributed by atoms with Crippen LogP contribution in [0, 0.1) is 5.92 Å². The van der Waals surface area contributed by atoms with E-state index in [1.807, 2.05) is 48.7 Å². The Bertz CT molecular complexity index is 1010. The summed E-state index contributed by atoms with van der Waals surface area (Å²) in [7, 11) is 0. The molecule has 0 saturated carbocycles. The number of piperidine rings is 1. The molecule has 2 aromatic rings. The third kappa shape index (κ3) is 5.69. The Labute approximate surface area is 195 Å². The van der Waals surface area contributed by atoms with Crippen LogP contribution < -0.4 is 5.73 Å². The summed E-state index contributed by atoms with van der Waals surface area (Å²) >= 11 is 0. The Morgan fingerprint density at radius 2 is 1.82 bits per heavy atom. The third-order valence-electron chi connectivity index (χ3n) is 6.67. The Morgan fingerprint density at radius 1 is 1.09 bits per heavy atom. The van der Waals surface area contributed by atoms with E-state index in [-0.39, 0.29) is 23.7 Å². The molecule has 2 N–H and O–H groups in total. The lowest BCUT2D eigenvalue weighted by atomic mass is 9.77. The van der Waals surface area contributed by atoms with Crippen LogP contribution >= 0.6 is 0 Å². The number of nitrogens with zero attached hydrogens (tertiary/aromatic N) is 2.